The molecule has 2 aromatic rings. The third-order valence-corrected chi connectivity index (χ3v) is 4.78. The fraction of sp³-hybridized carbons (Fsp3) is 0.318. The van der Waals surface area contributed by atoms with Gasteiger partial charge >= 0.3 is 12.1 Å². The van der Waals surface area contributed by atoms with Crippen LogP contribution in [0.25, 0.3) is 0 Å². The number of esters is 1. The van der Waals surface area contributed by atoms with Crippen molar-refractivity contribution in [2.24, 2.45) is 5.92 Å². The van der Waals surface area contributed by atoms with Crippen LogP contribution in [0.1, 0.15) is 29.3 Å². The second-order valence-electron chi connectivity index (χ2n) is 6.94. The minimum Gasteiger partial charge on any atom is -0.494 e. The maximum atomic E-state index is 12.8. The van der Waals surface area contributed by atoms with Crippen LogP contribution in [0.3, 0.4) is 0 Å². The van der Waals surface area contributed by atoms with Crippen molar-refractivity contribution in [3.8, 4) is 5.75 Å². The number of amides is 1. The second-order valence-corrected chi connectivity index (χ2v) is 6.94. The van der Waals surface area contributed by atoms with E-state index >= 15 is 0 Å². The number of ketones is 1. The molecule has 0 spiro atoms. The van der Waals surface area contributed by atoms with Crippen molar-refractivity contribution in [2.45, 2.75) is 19.5 Å². The zero-order valence-corrected chi connectivity index (χ0v) is 16.6. The summed E-state index contributed by atoms with van der Waals surface area (Å²) in [5.41, 5.74) is -0.568. The summed E-state index contributed by atoms with van der Waals surface area (Å²) < 4.78 is 48.7. The third-order valence-electron chi connectivity index (χ3n) is 4.78. The SMILES string of the molecule is CCOc1ccc(N2CC(C(=O)OCC(=O)c3cccc(C(F)(F)F)c3)CC2=O)cc1. The van der Waals surface area contributed by atoms with Crippen LogP contribution in [0.5, 0.6) is 5.75 Å². The summed E-state index contributed by atoms with van der Waals surface area (Å²) in [4.78, 5) is 38.2. The van der Waals surface area contributed by atoms with Crippen LogP contribution in [-0.2, 0) is 20.5 Å². The zero-order chi connectivity index (χ0) is 22.6. The lowest BCUT2D eigenvalue weighted by atomic mass is 10.1. The molecule has 0 radical (unpaired) electrons. The predicted molar refractivity (Wildman–Crippen MR) is 105 cm³/mol. The molecule has 3 rings (SSSR count). The van der Waals surface area contributed by atoms with E-state index in [0.717, 1.165) is 12.1 Å². The molecular formula is C22H20F3NO5. The van der Waals surface area contributed by atoms with E-state index in [0.29, 0.717) is 24.1 Å². The summed E-state index contributed by atoms with van der Waals surface area (Å²) in [5, 5.41) is 0. The van der Waals surface area contributed by atoms with E-state index in [1.165, 1.54) is 11.0 Å². The summed E-state index contributed by atoms with van der Waals surface area (Å²) >= 11 is 0. The molecule has 1 amide bonds. The van der Waals surface area contributed by atoms with Crippen molar-refractivity contribution in [3.63, 3.8) is 0 Å². The Balaban J connectivity index is 1.58. The highest BCUT2D eigenvalue weighted by molar-refractivity contribution is 6.01. The van der Waals surface area contributed by atoms with Gasteiger partial charge in [-0.1, -0.05) is 12.1 Å². The van der Waals surface area contributed by atoms with Gasteiger partial charge in [-0.25, -0.2) is 0 Å². The lowest BCUT2D eigenvalue weighted by molar-refractivity contribution is -0.147. The van der Waals surface area contributed by atoms with Crippen LogP contribution in [0, 0.1) is 5.92 Å². The molecule has 1 unspecified atom stereocenters. The minimum absolute atomic E-state index is 0.0796. The van der Waals surface area contributed by atoms with Gasteiger partial charge in [-0.05, 0) is 43.3 Å². The standard InChI is InChI=1S/C22H20F3NO5/c1-2-30-18-8-6-17(7-9-18)26-12-15(11-20(26)28)21(29)31-13-19(27)14-4-3-5-16(10-14)22(23,24)25/h3-10,15H,2,11-13H2,1H3. The molecule has 0 aliphatic carbocycles. The fourth-order valence-electron chi connectivity index (χ4n) is 3.21. The number of benzene rings is 2. The summed E-state index contributed by atoms with van der Waals surface area (Å²) in [6.07, 6.45) is -4.66. The van der Waals surface area contributed by atoms with Crippen molar-refractivity contribution in [1.29, 1.82) is 0 Å². The number of Topliss-reactive ketones (excluding diaryl/α,β-unsaturated/α-hetero) is 1. The average Bonchev–Trinajstić information content (AvgIpc) is 3.14. The number of halogens is 3. The van der Waals surface area contributed by atoms with E-state index in [1.807, 2.05) is 6.92 Å². The maximum absolute atomic E-state index is 12.8. The van der Waals surface area contributed by atoms with Gasteiger partial charge in [-0.2, -0.15) is 13.2 Å². The van der Waals surface area contributed by atoms with Crippen molar-refractivity contribution in [3.05, 3.63) is 59.7 Å². The summed E-state index contributed by atoms with van der Waals surface area (Å²) in [5.74, 6) is -1.89. The number of carbonyl (C=O) groups excluding carboxylic acids is 3. The van der Waals surface area contributed by atoms with Crippen LogP contribution >= 0.6 is 0 Å². The average molecular weight is 435 g/mol. The van der Waals surface area contributed by atoms with Gasteiger partial charge in [-0.3, -0.25) is 14.4 Å². The molecule has 6 nitrogen and oxygen atoms in total. The van der Waals surface area contributed by atoms with E-state index in [1.54, 1.807) is 24.3 Å². The Morgan fingerprint density at radius 3 is 2.48 bits per heavy atom. The number of nitrogens with zero attached hydrogens (tertiary/aromatic N) is 1. The smallest absolute Gasteiger partial charge is 0.416 e. The highest BCUT2D eigenvalue weighted by Gasteiger charge is 2.36. The molecular weight excluding hydrogens is 415 g/mol. The molecule has 1 atom stereocenters. The van der Waals surface area contributed by atoms with Gasteiger partial charge in [0.05, 0.1) is 18.1 Å². The Morgan fingerprint density at radius 2 is 1.84 bits per heavy atom. The van der Waals surface area contributed by atoms with Gasteiger partial charge in [0, 0.05) is 24.2 Å². The van der Waals surface area contributed by atoms with Crippen LogP contribution < -0.4 is 9.64 Å². The van der Waals surface area contributed by atoms with E-state index < -0.39 is 36.0 Å². The Hall–Kier alpha value is -3.36. The van der Waals surface area contributed by atoms with Crippen molar-refractivity contribution in [1.82, 2.24) is 0 Å². The number of hydrogen-bond donors (Lipinski definition) is 0. The van der Waals surface area contributed by atoms with Gasteiger partial charge in [0.1, 0.15) is 5.75 Å². The predicted octanol–water partition coefficient (Wildman–Crippen LogP) is 3.88. The molecule has 0 saturated carbocycles. The highest BCUT2D eigenvalue weighted by atomic mass is 19.4. The molecule has 0 aromatic heterocycles. The third kappa shape index (κ3) is 5.42. The summed E-state index contributed by atoms with van der Waals surface area (Å²) in [7, 11) is 0. The maximum Gasteiger partial charge on any atom is 0.416 e. The number of ether oxygens (including phenoxy) is 2. The molecule has 1 heterocycles. The first-order chi connectivity index (χ1) is 14.7. The van der Waals surface area contributed by atoms with Crippen LogP contribution in [0.2, 0.25) is 0 Å². The number of alkyl halides is 3. The van der Waals surface area contributed by atoms with Gasteiger partial charge in [0.15, 0.2) is 12.4 Å². The van der Waals surface area contributed by atoms with E-state index in [-0.39, 0.29) is 24.4 Å². The fourth-order valence-corrected chi connectivity index (χ4v) is 3.21. The Morgan fingerprint density at radius 1 is 1.13 bits per heavy atom. The second kappa shape index (κ2) is 9.20. The topological polar surface area (TPSA) is 72.9 Å². The van der Waals surface area contributed by atoms with Gasteiger partial charge < -0.3 is 14.4 Å². The molecule has 1 aliphatic heterocycles. The monoisotopic (exact) mass is 435 g/mol. The molecule has 31 heavy (non-hydrogen) atoms. The normalized spacial score (nSPS) is 16.3. The summed E-state index contributed by atoms with van der Waals surface area (Å²) in [6.45, 7) is 1.75. The largest absolute Gasteiger partial charge is 0.494 e. The molecule has 0 bridgehead atoms. The van der Waals surface area contributed by atoms with Crippen LogP contribution in [-0.4, -0.2) is 37.4 Å². The lowest BCUT2D eigenvalue weighted by Gasteiger charge is -2.17. The molecule has 1 saturated heterocycles. The molecule has 2 aromatic carbocycles. The zero-order valence-electron chi connectivity index (χ0n) is 16.6. The quantitative estimate of drug-likeness (QED) is 0.488. The molecule has 1 fully saturated rings. The van der Waals surface area contributed by atoms with Crippen LogP contribution in [0.15, 0.2) is 48.5 Å². The first-order valence-electron chi connectivity index (χ1n) is 9.59. The number of hydrogen-bond acceptors (Lipinski definition) is 5. The Labute approximate surface area is 176 Å². The molecule has 1 aliphatic rings. The number of rotatable bonds is 7. The van der Waals surface area contributed by atoms with Crippen molar-refractivity contribution >= 4 is 23.3 Å². The minimum atomic E-state index is -4.58. The molecule has 9 heteroatoms. The number of carbonyl (C=O) groups is 3. The van der Waals surface area contributed by atoms with E-state index in [2.05, 4.69) is 0 Å². The van der Waals surface area contributed by atoms with Crippen molar-refractivity contribution in [2.75, 3.05) is 24.7 Å². The van der Waals surface area contributed by atoms with Gasteiger partial charge in [-0.15, -0.1) is 0 Å². The Kier molecular flexibility index (Phi) is 6.62. The number of anilines is 1. The Bertz CT molecular complexity index is 972. The summed E-state index contributed by atoms with van der Waals surface area (Å²) in [6, 6.07) is 10.7. The van der Waals surface area contributed by atoms with E-state index in [9.17, 15) is 27.6 Å². The highest BCUT2D eigenvalue weighted by Crippen LogP contribution is 2.30. The van der Waals surface area contributed by atoms with Gasteiger partial charge in [0.2, 0.25) is 5.91 Å². The lowest BCUT2D eigenvalue weighted by Crippen LogP contribution is -2.27. The first-order valence-corrected chi connectivity index (χ1v) is 9.59. The van der Waals surface area contributed by atoms with Gasteiger partial charge in [0.25, 0.3) is 0 Å². The van der Waals surface area contributed by atoms with E-state index in [4.69, 9.17) is 9.47 Å². The molecule has 164 valence electrons. The molecule has 0 N–H and O–H groups in total. The first kappa shape index (κ1) is 22.3. The van der Waals surface area contributed by atoms with Crippen LogP contribution in [0.4, 0.5) is 18.9 Å². The van der Waals surface area contributed by atoms with Crippen molar-refractivity contribution < 1.29 is 37.0 Å².